The Morgan fingerprint density at radius 3 is 2.50 bits per heavy atom. The van der Waals surface area contributed by atoms with E-state index in [-0.39, 0.29) is 18.5 Å². The first kappa shape index (κ1) is 14.3. The zero-order chi connectivity index (χ0) is 14.5. The number of nitrogens with two attached hydrogens (primary N) is 1. The summed E-state index contributed by atoms with van der Waals surface area (Å²) in [5, 5.41) is 7.66. The third-order valence-electron chi connectivity index (χ3n) is 3.16. The molecule has 1 saturated heterocycles. The molecule has 1 aliphatic heterocycles. The van der Waals surface area contributed by atoms with Crippen molar-refractivity contribution < 1.29 is 14.3 Å². The van der Waals surface area contributed by atoms with Crippen molar-refractivity contribution in [1.29, 1.82) is 0 Å². The summed E-state index contributed by atoms with van der Waals surface area (Å²) < 4.78 is 6.11. The molecule has 110 valence electrons. The number of carbonyl (C=O) groups excluding carboxylic acids is 2. The molecular formula is C11H18N6O3. The van der Waals surface area contributed by atoms with E-state index in [2.05, 4.69) is 15.0 Å². The van der Waals surface area contributed by atoms with Crippen LogP contribution in [0.15, 0.2) is 6.20 Å². The number of carbonyl (C=O) groups is 2. The lowest BCUT2D eigenvalue weighted by atomic mass is 10.3. The van der Waals surface area contributed by atoms with Gasteiger partial charge >= 0.3 is 6.09 Å². The molecule has 0 atom stereocenters. The van der Waals surface area contributed by atoms with Gasteiger partial charge in [0, 0.05) is 32.7 Å². The molecule has 9 heteroatoms. The predicted octanol–water partition coefficient (Wildman–Crippen LogP) is -1.35. The molecule has 2 N–H and O–H groups in total. The van der Waals surface area contributed by atoms with Crippen LogP contribution in [0.3, 0.4) is 0 Å². The Labute approximate surface area is 116 Å². The molecule has 1 aliphatic rings. The maximum absolute atomic E-state index is 12.1. The number of aromatic nitrogens is 3. The summed E-state index contributed by atoms with van der Waals surface area (Å²) in [5.41, 5.74) is 6.08. The Morgan fingerprint density at radius 1 is 1.30 bits per heavy atom. The monoisotopic (exact) mass is 282 g/mol. The van der Waals surface area contributed by atoms with Gasteiger partial charge in [0.25, 0.3) is 0 Å². The smallest absolute Gasteiger partial charge is 0.409 e. The predicted molar refractivity (Wildman–Crippen MR) is 68.5 cm³/mol. The second-order valence-electron chi connectivity index (χ2n) is 4.45. The minimum Gasteiger partial charge on any atom is -0.453 e. The summed E-state index contributed by atoms with van der Waals surface area (Å²) in [6.07, 6.45) is 1.30. The van der Waals surface area contributed by atoms with Crippen LogP contribution in [0.5, 0.6) is 0 Å². The molecule has 2 amide bonds. The fraction of sp³-hybridized carbons (Fsp3) is 0.636. The van der Waals surface area contributed by atoms with Crippen LogP contribution in [0.2, 0.25) is 0 Å². The summed E-state index contributed by atoms with van der Waals surface area (Å²) in [5.74, 6) is -0.0528. The maximum atomic E-state index is 12.1. The second kappa shape index (κ2) is 6.33. The Balaban J connectivity index is 1.84. The molecular weight excluding hydrogens is 264 g/mol. The number of nitrogens with zero attached hydrogens (tertiary/aromatic N) is 5. The third-order valence-corrected chi connectivity index (χ3v) is 3.16. The highest BCUT2D eigenvalue weighted by molar-refractivity contribution is 5.76. The number of piperazine rings is 1. The van der Waals surface area contributed by atoms with E-state index in [4.69, 9.17) is 5.73 Å². The van der Waals surface area contributed by atoms with Crippen molar-refractivity contribution in [1.82, 2.24) is 24.8 Å². The molecule has 0 bridgehead atoms. The van der Waals surface area contributed by atoms with Crippen molar-refractivity contribution in [3.63, 3.8) is 0 Å². The number of amides is 2. The standard InChI is InChI=1S/C11H18N6O3/c1-20-11(19)16-4-2-15(3-5-16)10(18)8-17-7-9(6-12)13-14-17/h7H,2-6,8,12H2,1H3. The van der Waals surface area contributed by atoms with Gasteiger partial charge in [-0.2, -0.15) is 0 Å². The fourth-order valence-corrected chi connectivity index (χ4v) is 2.02. The molecule has 0 unspecified atom stereocenters. The lowest BCUT2D eigenvalue weighted by Crippen LogP contribution is -2.51. The molecule has 1 aromatic heterocycles. The highest BCUT2D eigenvalue weighted by atomic mass is 16.5. The Hall–Kier alpha value is -2.16. The van der Waals surface area contributed by atoms with Gasteiger partial charge in [-0.05, 0) is 0 Å². The van der Waals surface area contributed by atoms with Crippen LogP contribution >= 0.6 is 0 Å². The van der Waals surface area contributed by atoms with Gasteiger partial charge in [-0.15, -0.1) is 5.10 Å². The molecule has 9 nitrogen and oxygen atoms in total. The van der Waals surface area contributed by atoms with Crippen molar-refractivity contribution in [2.24, 2.45) is 5.73 Å². The fourth-order valence-electron chi connectivity index (χ4n) is 2.02. The molecule has 0 aromatic carbocycles. The van der Waals surface area contributed by atoms with Gasteiger partial charge in [-0.3, -0.25) is 4.79 Å². The molecule has 2 heterocycles. The van der Waals surface area contributed by atoms with Crippen LogP contribution < -0.4 is 5.73 Å². The van der Waals surface area contributed by atoms with E-state index in [1.807, 2.05) is 0 Å². The highest BCUT2D eigenvalue weighted by Gasteiger charge is 2.24. The third kappa shape index (κ3) is 3.23. The Kier molecular flexibility index (Phi) is 4.51. The SMILES string of the molecule is COC(=O)N1CCN(C(=O)Cn2cc(CN)nn2)CC1. The summed E-state index contributed by atoms with van der Waals surface area (Å²) in [4.78, 5) is 26.7. The Bertz CT molecular complexity index is 480. The van der Waals surface area contributed by atoms with E-state index in [0.717, 1.165) is 0 Å². The van der Waals surface area contributed by atoms with Crippen LogP contribution in [0.25, 0.3) is 0 Å². The summed E-state index contributed by atoms with van der Waals surface area (Å²) in [6.45, 7) is 2.36. The number of rotatable bonds is 3. The van der Waals surface area contributed by atoms with Gasteiger partial charge in [-0.25, -0.2) is 9.48 Å². The topological polar surface area (TPSA) is 107 Å². The number of ether oxygens (including phenoxy) is 1. The molecule has 0 spiro atoms. The van der Waals surface area contributed by atoms with Crippen molar-refractivity contribution >= 4 is 12.0 Å². The van der Waals surface area contributed by atoms with Crippen LogP contribution in [-0.4, -0.2) is 70.1 Å². The number of hydrogen-bond donors (Lipinski definition) is 1. The molecule has 0 radical (unpaired) electrons. The van der Waals surface area contributed by atoms with Gasteiger partial charge < -0.3 is 20.3 Å². The van der Waals surface area contributed by atoms with E-state index in [1.165, 1.54) is 11.8 Å². The van der Waals surface area contributed by atoms with E-state index in [1.54, 1.807) is 16.0 Å². The zero-order valence-corrected chi connectivity index (χ0v) is 11.4. The average Bonchev–Trinajstić information content (AvgIpc) is 2.94. The quantitative estimate of drug-likeness (QED) is 0.734. The molecule has 20 heavy (non-hydrogen) atoms. The summed E-state index contributed by atoms with van der Waals surface area (Å²) >= 11 is 0. The summed E-state index contributed by atoms with van der Waals surface area (Å²) in [7, 11) is 1.35. The van der Waals surface area contributed by atoms with Crippen molar-refractivity contribution in [3.05, 3.63) is 11.9 Å². The minimum absolute atomic E-state index is 0.0528. The van der Waals surface area contributed by atoms with Gasteiger partial charge in [0.1, 0.15) is 6.54 Å². The molecule has 1 aromatic rings. The van der Waals surface area contributed by atoms with E-state index < -0.39 is 0 Å². The first-order chi connectivity index (χ1) is 9.63. The summed E-state index contributed by atoms with van der Waals surface area (Å²) in [6, 6.07) is 0. The first-order valence-corrected chi connectivity index (χ1v) is 6.33. The molecule has 1 fully saturated rings. The molecule has 2 rings (SSSR count). The first-order valence-electron chi connectivity index (χ1n) is 6.33. The molecule has 0 aliphatic carbocycles. The van der Waals surface area contributed by atoms with Gasteiger partial charge in [0.2, 0.25) is 5.91 Å². The lowest BCUT2D eigenvalue weighted by Gasteiger charge is -2.33. The maximum Gasteiger partial charge on any atom is 0.409 e. The van der Waals surface area contributed by atoms with Crippen LogP contribution in [-0.2, 0) is 22.6 Å². The van der Waals surface area contributed by atoms with Crippen molar-refractivity contribution in [2.45, 2.75) is 13.1 Å². The number of methoxy groups -OCH3 is 1. The van der Waals surface area contributed by atoms with E-state index in [9.17, 15) is 9.59 Å². The lowest BCUT2D eigenvalue weighted by molar-refractivity contribution is -0.133. The van der Waals surface area contributed by atoms with E-state index in [0.29, 0.717) is 38.4 Å². The van der Waals surface area contributed by atoms with Gasteiger partial charge in [-0.1, -0.05) is 5.21 Å². The van der Waals surface area contributed by atoms with Gasteiger partial charge in [0.05, 0.1) is 19.0 Å². The van der Waals surface area contributed by atoms with Gasteiger partial charge in [0.15, 0.2) is 0 Å². The van der Waals surface area contributed by atoms with E-state index >= 15 is 0 Å². The van der Waals surface area contributed by atoms with Crippen molar-refractivity contribution in [2.75, 3.05) is 33.3 Å². The largest absolute Gasteiger partial charge is 0.453 e. The van der Waals surface area contributed by atoms with Crippen LogP contribution in [0.4, 0.5) is 4.79 Å². The second-order valence-corrected chi connectivity index (χ2v) is 4.45. The molecule has 0 saturated carbocycles. The average molecular weight is 282 g/mol. The highest BCUT2D eigenvalue weighted by Crippen LogP contribution is 2.05. The minimum atomic E-state index is -0.360. The van der Waals surface area contributed by atoms with Crippen molar-refractivity contribution in [3.8, 4) is 0 Å². The Morgan fingerprint density at radius 2 is 1.95 bits per heavy atom. The normalized spacial score (nSPS) is 15.3. The van der Waals surface area contributed by atoms with Crippen LogP contribution in [0, 0.1) is 0 Å². The zero-order valence-electron chi connectivity index (χ0n) is 11.4. The number of hydrogen-bond acceptors (Lipinski definition) is 6. The van der Waals surface area contributed by atoms with Crippen LogP contribution in [0.1, 0.15) is 5.69 Å².